The van der Waals surface area contributed by atoms with Gasteiger partial charge in [-0.25, -0.2) is 9.59 Å². The van der Waals surface area contributed by atoms with Gasteiger partial charge in [0, 0.05) is 39.6 Å². The normalized spacial score (nSPS) is 9.21. The highest BCUT2D eigenvalue weighted by atomic mass is 16.4. The maximum atomic E-state index is 10.5. The lowest BCUT2D eigenvalue weighted by atomic mass is 10.2. The molecule has 0 saturated heterocycles. The van der Waals surface area contributed by atoms with Crippen LogP contribution in [0.15, 0.2) is 48.5 Å². The summed E-state index contributed by atoms with van der Waals surface area (Å²) in [7, 11) is 7.65. The number of aromatic carboxylic acids is 2. The summed E-state index contributed by atoms with van der Waals surface area (Å²) in [6, 6.07) is 13.5. The predicted molar refractivity (Wildman–Crippen MR) is 110 cm³/mol. The van der Waals surface area contributed by atoms with E-state index < -0.39 is 11.9 Å². The van der Waals surface area contributed by atoms with E-state index in [0.717, 1.165) is 11.4 Å². The summed E-state index contributed by atoms with van der Waals surface area (Å²) in [4.78, 5) is 24.8. The summed E-state index contributed by atoms with van der Waals surface area (Å²) in [5.74, 6) is -1.78. The number of carboxylic acids is 2. The lowest BCUT2D eigenvalue weighted by molar-refractivity contribution is 0.0686. The van der Waals surface area contributed by atoms with Gasteiger partial charge in [0.15, 0.2) is 0 Å². The molecule has 0 unspecified atom stereocenters. The van der Waals surface area contributed by atoms with Crippen molar-refractivity contribution in [2.75, 3.05) is 51.2 Å². The Morgan fingerprint density at radius 1 is 0.643 bits per heavy atom. The molecular weight excluding hydrogens is 364 g/mol. The van der Waals surface area contributed by atoms with Crippen molar-refractivity contribution in [3.63, 3.8) is 0 Å². The van der Waals surface area contributed by atoms with Gasteiger partial charge in [-0.05, 0) is 48.5 Å². The number of nitrogens with zero attached hydrogens (tertiary/aromatic N) is 2. The van der Waals surface area contributed by atoms with Crippen LogP contribution in [-0.2, 0) is 0 Å². The number of hydrogen-bond donors (Lipinski definition) is 4. The molecule has 8 nitrogen and oxygen atoms in total. The first-order valence-electron chi connectivity index (χ1n) is 8.37. The van der Waals surface area contributed by atoms with Gasteiger partial charge < -0.3 is 30.2 Å². The highest BCUT2D eigenvalue weighted by molar-refractivity contribution is 5.88. The van der Waals surface area contributed by atoms with Gasteiger partial charge >= 0.3 is 11.9 Å². The van der Waals surface area contributed by atoms with Crippen LogP contribution in [0.3, 0.4) is 0 Å². The smallest absolute Gasteiger partial charge is 0.335 e. The Balaban J connectivity index is 0.000000439. The van der Waals surface area contributed by atoms with Crippen LogP contribution in [0, 0.1) is 0 Å². The van der Waals surface area contributed by atoms with Gasteiger partial charge in [-0.15, -0.1) is 0 Å². The van der Waals surface area contributed by atoms with E-state index in [1.54, 1.807) is 48.5 Å². The second-order valence-electron chi connectivity index (χ2n) is 5.94. The Morgan fingerprint density at radius 3 is 1.04 bits per heavy atom. The van der Waals surface area contributed by atoms with Crippen LogP contribution in [0.5, 0.6) is 0 Å². The number of aliphatic hydroxyl groups excluding tert-OH is 2. The number of hydrogen-bond acceptors (Lipinski definition) is 6. The topological polar surface area (TPSA) is 122 Å². The molecule has 28 heavy (non-hydrogen) atoms. The van der Waals surface area contributed by atoms with Crippen LogP contribution in [0.25, 0.3) is 0 Å². The Kier molecular flexibility index (Phi) is 11.7. The highest BCUT2D eigenvalue weighted by Gasteiger charge is 2.02. The molecule has 0 amide bonds. The zero-order valence-corrected chi connectivity index (χ0v) is 16.5. The fourth-order valence-corrected chi connectivity index (χ4v) is 1.80. The van der Waals surface area contributed by atoms with Gasteiger partial charge in [0.1, 0.15) is 0 Å². The van der Waals surface area contributed by atoms with Gasteiger partial charge in [0.05, 0.1) is 24.3 Å². The Morgan fingerprint density at radius 2 is 0.893 bits per heavy atom. The van der Waals surface area contributed by atoms with Crippen LogP contribution in [0.4, 0.5) is 11.4 Å². The molecule has 0 spiro atoms. The largest absolute Gasteiger partial charge is 0.478 e. The molecule has 0 atom stereocenters. The second-order valence-corrected chi connectivity index (χ2v) is 5.94. The molecule has 0 fully saturated rings. The van der Waals surface area contributed by atoms with Crippen molar-refractivity contribution in [1.29, 1.82) is 0 Å². The third-order valence-corrected chi connectivity index (χ3v) is 3.36. The molecule has 2 rings (SSSR count). The molecule has 0 aliphatic heterocycles. The molecular formula is C20H28N2O6. The van der Waals surface area contributed by atoms with Crippen molar-refractivity contribution in [3.05, 3.63) is 59.7 Å². The first-order chi connectivity index (χ1) is 13.1. The van der Waals surface area contributed by atoms with Gasteiger partial charge in [-0.1, -0.05) is 0 Å². The second kappa shape index (κ2) is 13.1. The van der Waals surface area contributed by atoms with Crippen molar-refractivity contribution in [3.8, 4) is 0 Å². The minimum Gasteiger partial charge on any atom is -0.478 e. The van der Waals surface area contributed by atoms with E-state index in [0.29, 0.717) is 11.1 Å². The maximum Gasteiger partial charge on any atom is 0.335 e. The van der Waals surface area contributed by atoms with Crippen LogP contribution in [0.1, 0.15) is 20.7 Å². The van der Waals surface area contributed by atoms with Crippen LogP contribution in [-0.4, -0.2) is 73.8 Å². The van der Waals surface area contributed by atoms with Gasteiger partial charge in [0.2, 0.25) is 0 Å². The number of carbonyl (C=O) groups is 2. The third-order valence-electron chi connectivity index (χ3n) is 3.36. The number of aliphatic hydroxyl groups is 2. The molecule has 8 heteroatoms. The fraction of sp³-hybridized carbons (Fsp3) is 0.300. The van der Waals surface area contributed by atoms with E-state index in [-0.39, 0.29) is 13.2 Å². The molecule has 2 aromatic rings. The van der Waals surface area contributed by atoms with Gasteiger partial charge in [0.25, 0.3) is 0 Å². The summed E-state index contributed by atoms with van der Waals surface area (Å²) in [6.07, 6.45) is 0. The lowest BCUT2D eigenvalue weighted by Crippen LogP contribution is -2.08. The number of anilines is 2. The average molecular weight is 392 g/mol. The quantitative estimate of drug-likeness (QED) is 0.608. The Hall–Kier alpha value is -3.10. The van der Waals surface area contributed by atoms with Crippen molar-refractivity contribution in [1.82, 2.24) is 0 Å². The zero-order valence-electron chi connectivity index (χ0n) is 16.5. The van der Waals surface area contributed by atoms with Gasteiger partial charge in [-0.2, -0.15) is 0 Å². The monoisotopic (exact) mass is 392 g/mol. The van der Waals surface area contributed by atoms with Crippen LogP contribution < -0.4 is 9.80 Å². The average Bonchev–Trinajstić information content (AvgIpc) is 2.68. The number of benzene rings is 2. The van der Waals surface area contributed by atoms with E-state index >= 15 is 0 Å². The summed E-state index contributed by atoms with van der Waals surface area (Å²) in [5.41, 5.74) is 2.64. The molecule has 0 aliphatic rings. The van der Waals surface area contributed by atoms with Crippen molar-refractivity contribution < 1.29 is 30.0 Å². The molecule has 0 heterocycles. The SMILES string of the molecule is CN(C)c1ccc(C(=O)O)cc1.CN(C)c1ccc(C(=O)O)cc1.OCCO. The minimum absolute atomic E-state index is 0.125. The Bertz CT molecular complexity index is 649. The van der Waals surface area contributed by atoms with E-state index in [1.165, 1.54) is 0 Å². The summed E-state index contributed by atoms with van der Waals surface area (Å²) < 4.78 is 0. The number of carboxylic acid groups (broad SMARTS) is 2. The standard InChI is InChI=1S/2C9H11NO2.C2H6O2/c2*1-10(2)8-5-3-7(4-6-8)9(11)12;3-1-2-4/h2*3-6H,1-2H3,(H,11,12);3-4H,1-2H2. The molecule has 4 N–H and O–H groups in total. The fourth-order valence-electron chi connectivity index (χ4n) is 1.80. The van der Waals surface area contributed by atoms with Crippen LogP contribution in [0.2, 0.25) is 0 Å². The van der Waals surface area contributed by atoms with E-state index in [1.807, 2.05) is 38.0 Å². The minimum atomic E-state index is -0.889. The summed E-state index contributed by atoms with van der Waals surface area (Å²) >= 11 is 0. The molecule has 0 aliphatic carbocycles. The molecule has 0 saturated carbocycles. The molecule has 2 aromatic carbocycles. The molecule has 154 valence electrons. The maximum absolute atomic E-state index is 10.5. The predicted octanol–water partition coefficient (Wildman–Crippen LogP) is 1.87. The molecule has 0 radical (unpaired) electrons. The summed E-state index contributed by atoms with van der Waals surface area (Å²) in [5, 5.41) is 32.5. The molecule has 0 bridgehead atoms. The molecule has 0 aromatic heterocycles. The third kappa shape index (κ3) is 9.56. The van der Waals surface area contributed by atoms with E-state index in [4.69, 9.17) is 20.4 Å². The number of rotatable bonds is 5. The van der Waals surface area contributed by atoms with Crippen molar-refractivity contribution >= 4 is 23.3 Å². The lowest BCUT2D eigenvalue weighted by Gasteiger charge is -2.11. The van der Waals surface area contributed by atoms with Crippen LogP contribution >= 0.6 is 0 Å². The highest BCUT2D eigenvalue weighted by Crippen LogP contribution is 2.12. The zero-order chi connectivity index (χ0) is 21.7. The summed E-state index contributed by atoms with van der Waals surface area (Å²) in [6.45, 7) is -0.250. The first kappa shape index (κ1) is 24.9. The van der Waals surface area contributed by atoms with E-state index in [9.17, 15) is 9.59 Å². The van der Waals surface area contributed by atoms with E-state index in [2.05, 4.69) is 0 Å². The van der Waals surface area contributed by atoms with Gasteiger partial charge in [-0.3, -0.25) is 0 Å². The van der Waals surface area contributed by atoms with Crippen molar-refractivity contribution in [2.45, 2.75) is 0 Å². The first-order valence-corrected chi connectivity index (χ1v) is 8.37. The Labute approximate surface area is 164 Å². The van der Waals surface area contributed by atoms with Crippen molar-refractivity contribution in [2.24, 2.45) is 0 Å².